The molecule has 34 heavy (non-hydrogen) atoms. The van der Waals surface area contributed by atoms with Gasteiger partial charge in [-0.15, -0.1) is 0 Å². The van der Waals surface area contributed by atoms with Gasteiger partial charge in [0.1, 0.15) is 5.75 Å². The molecule has 8 nitrogen and oxygen atoms in total. The third-order valence-corrected chi connectivity index (χ3v) is 5.09. The van der Waals surface area contributed by atoms with Gasteiger partial charge in [0.05, 0.1) is 16.7 Å². The zero-order valence-electron chi connectivity index (χ0n) is 18.1. The molecular weight excluding hydrogens is 434 g/mol. The molecule has 4 aromatic carbocycles. The molecule has 0 fully saturated rings. The Balaban J connectivity index is 1.60. The zero-order valence-corrected chi connectivity index (χ0v) is 18.1. The molecule has 8 heteroatoms. The monoisotopic (exact) mass is 453 g/mol. The Morgan fingerprint density at radius 3 is 2.44 bits per heavy atom. The second kappa shape index (κ2) is 9.74. The van der Waals surface area contributed by atoms with Crippen LogP contribution in [0, 0.1) is 17.0 Å². The summed E-state index contributed by atoms with van der Waals surface area (Å²) in [6.45, 7) is 1.89. The maximum Gasteiger partial charge on any atom is 0.343 e. The highest BCUT2D eigenvalue weighted by Crippen LogP contribution is 2.27. The van der Waals surface area contributed by atoms with Gasteiger partial charge in [-0.05, 0) is 48.0 Å². The summed E-state index contributed by atoms with van der Waals surface area (Å²) < 4.78 is 5.67. The fraction of sp³-hybridized carbons (Fsp3) is 0.0385. The van der Waals surface area contributed by atoms with Gasteiger partial charge < -0.3 is 4.74 Å². The van der Waals surface area contributed by atoms with Crippen LogP contribution in [0.1, 0.15) is 31.8 Å². The summed E-state index contributed by atoms with van der Waals surface area (Å²) in [6, 6.07) is 23.3. The maximum absolute atomic E-state index is 12.7. The number of non-ortho nitro benzene ring substituents is 1. The first-order valence-corrected chi connectivity index (χ1v) is 10.3. The summed E-state index contributed by atoms with van der Waals surface area (Å²) in [5, 5.41) is 16.5. The second-order valence-electron chi connectivity index (χ2n) is 7.46. The summed E-state index contributed by atoms with van der Waals surface area (Å²) in [5.74, 6) is -0.758. The lowest BCUT2D eigenvalue weighted by atomic mass is 10.0. The van der Waals surface area contributed by atoms with Gasteiger partial charge in [-0.25, -0.2) is 10.2 Å². The number of rotatable bonds is 6. The minimum atomic E-state index is -0.542. The number of nitrogens with zero attached hydrogens (tertiary/aromatic N) is 2. The van der Waals surface area contributed by atoms with Crippen LogP contribution in [0.15, 0.2) is 90.0 Å². The van der Waals surface area contributed by atoms with Crippen LogP contribution >= 0.6 is 0 Å². The molecule has 0 aliphatic heterocycles. The van der Waals surface area contributed by atoms with Gasteiger partial charge in [0.2, 0.25) is 0 Å². The molecule has 0 atom stereocenters. The summed E-state index contributed by atoms with van der Waals surface area (Å²) in [6.07, 6.45) is 1.41. The summed E-state index contributed by atoms with van der Waals surface area (Å²) in [5.41, 5.74) is 4.37. The largest absolute Gasteiger partial charge is 0.422 e. The van der Waals surface area contributed by atoms with E-state index in [-0.39, 0.29) is 11.3 Å². The van der Waals surface area contributed by atoms with E-state index in [1.165, 1.54) is 30.5 Å². The lowest BCUT2D eigenvalue weighted by Crippen LogP contribution is -2.17. The van der Waals surface area contributed by atoms with Gasteiger partial charge in [-0.3, -0.25) is 14.9 Å². The minimum Gasteiger partial charge on any atom is -0.422 e. The van der Waals surface area contributed by atoms with Crippen molar-refractivity contribution >= 4 is 34.6 Å². The molecule has 0 spiro atoms. The molecule has 0 bridgehead atoms. The van der Waals surface area contributed by atoms with E-state index in [9.17, 15) is 19.7 Å². The van der Waals surface area contributed by atoms with Gasteiger partial charge in [0, 0.05) is 23.3 Å². The molecule has 0 aromatic heterocycles. The van der Waals surface area contributed by atoms with E-state index in [4.69, 9.17) is 4.74 Å². The van der Waals surface area contributed by atoms with Crippen molar-refractivity contribution in [2.45, 2.75) is 6.92 Å². The Morgan fingerprint density at radius 1 is 0.941 bits per heavy atom. The van der Waals surface area contributed by atoms with Crippen LogP contribution in [-0.2, 0) is 0 Å². The molecule has 0 saturated carbocycles. The Kier molecular flexibility index (Phi) is 6.40. The third kappa shape index (κ3) is 4.97. The van der Waals surface area contributed by atoms with Gasteiger partial charge in [-0.2, -0.15) is 5.10 Å². The number of nitro groups is 1. The van der Waals surface area contributed by atoms with Crippen molar-refractivity contribution in [1.29, 1.82) is 0 Å². The standard InChI is InChI=1S/C26H19N3O5/c1-17-5-4-7-20(15-17)26(31)34-24-14-11-18-6-2-3-8-22(18)23(24)16-27-28-25(30)19-9-12-21(13-10-19)29(32)33/h2-16H,1H3,(H,28,30)/b27-16+. The number of hydrazone groups is 1. The van der Waals surface area contributed by atoms with Crippen molar-refractivity contribution in [3.63, 3.8) is 0 Å². The van der Waals surface area contributed by atoms with Gasteiger partial charge in [0.25, 0.3) is 11.6 Å². The third-order valence-electron chi connectivity index (χ3n) is 5.09. The summed E-state index contributed by atoms with van der Waals surface area (Å²) in [7, 11) is 0. The Labute approximate surface area is 194 Å². The smallest absolute Gasteiger partial charge is 0.343 e. The number of fused-ring (bicyclic) bond motifs is 1. The molecule has 0 saturated heterocycles. The van der Waals surface area contributed by atoms with E-state index >= 15 is 0 Å². The number of amides is 1. The molecule has 0 unspecified atom stereocenters. The topological polar surface area (TPSA) is 111 Å². The Bertz CT molecular complexity index is 1430. The molecule has 0 radical (unpaired) electrons. The van der Waals surface area contributed by atoms with Crippen LogP contribution in [0.25, 0.3) is 10.8 Å². The molecule has 0 aliphatic carbocycles. The van der Waals surface area contributed by atoms with Crippen LogP contribution in [0.5, 0.6) is 5.75 Å². The number of carbonyl (C=O) groups excluding carboxylic acids is 2. The molecule has 4 aromatic rings. The Morgan fingerprint density at radius 2 is 1.71 bits per heavy atom. The van der Waals surface area contributed by atoms with Crippen molar-refractivity contribution in [3.8, 4) is 5.75 Å². The van der Waals surface area contributed by atoms with Crippen LogP contribution in [-0.4, -0.2) is 23.0 Å². The number of benzene rings is 4. The fourth-order valence-electron chi connectivity index (χ4n) is 3.38. The highest BCUT2D eigenvalue weighted by atomic mass is 16.6. The number of carbonyl (C=O) groups is 2. The molecule has 1 N–H and O–H groups in total. The second-order valence-corrected chi connectivity index (χ2v) is 7.46. The molecule has 0 aliphatic rings. The number of aryl methyl sites for hydroxylation is 1. The molecule has 4 rings (SSSR count). The summed E-state index contributed by atoms with van der Waals surface area (Å²) >= 11 is 0. The SMILES string of the molecule is Cc1cccc(C(=O)Oc2ccc3ccccc3c2/C=N/NC(=O)c2ccc([N+](=O)[O-])cc2)c1. The zero-order chi connectivity index (χ0) is 24.1. The van der Waals surface area contributed by atoms with E-state index in [0.717, 1.165) is 16.3 Å². The predicted molar refractivity (Wildman–Crippen MR) is 128 cm³/mol. The average molecular weight is 453 g/mol. The molecule has 1 amide bonds. The first kappa shape index (κ1) is 22.3. The van der Waals surface area contributed by atoms with E-state index in [1.54, 1.807) is 24.3 Å². The summed E-state index contributed by atoms with van der Waals surface area (Å²) in [4.78, 5) is 35.3. The van der Waals surface area contributed by atoms with E-state index in [0.29, 0.717) is 16.9 Å². The van der Waals surface area contributed by atoms with Crippen LogP contribution < -0.4 is 10.2 Å². The van der Waals surface area contributed by atoms with Crippen molar-refractivity contribution < 1.29 is 19.2 Å². The maximum atomic E-state index is 12.7. The van der Waals surface area contributed by atoms with Crippen LogP contribution in [0.3, 0.4) is 0 Å². The van der Waals surface area contributed by atoms with Crippen molar-refractivity contribution in [2.24, 2.45) is 5.10 Å². The number of nitrogens with one attached hydrogen (secondary N) is 1. The lowest BCUT2D eigenvalue weighted by Gasteiger charge is -2.11. The van der Waals surface area contributed by atoms with Gasteiger partial charge >= 0.3 is 5.97 Å². The predicted octanol–water partition coefficient (Wildman–Crippen LogP) is 5.04. The molecule has 0 heterocycles. The number of hydrogen-bond acceptors (Lipinski definition) is 6. The fourth-order valence-corrected chi connectivity index (χ4v) is 3.38. The first-order valence-electron chi connectivity index (χ1n) is 10.3. The molecular formula is C26H19N3O5. The first-order chi connectivity index (χ1) is 16.4. The molecule has 168 valence electrons. The quantitative estimate of drug-likeness (QED) is 0.145. The highest BCUT2D eigenvalue weighted by Gasteiger charge is 2.14. The van der Waals surface area contributed by atoms with Crippen LogP contribution in [0.4, 0.5) is 5.69 Å². The highest BCUT2D eigenvalue weighted by molar-refractivity contribution is 6.04. The Hall–Kier alpha value is -4.85. The normalized spacial score (nSPS) is 10.9. The number of esters is 1. The van der Waals surface area contributed by atoms with Crippen LogP contribution in [0.2, 0.25) is 0 Å². The van der Waals surface area contributed by atoms with Crippen molar-refractivity contribution in [2.75, 3.05) is 0 Å². The van der Waals surface area contributed by atoms with Gasteiger partial charge in [0.15, 0.2) is 0 Å². The minimum absolute atomic E-state index is 0.115. The van der Waals surface area contributed by atoms with E-state index in [1.807, 2.05) is 43.3 Å². The number of nitro benzene ring substituents is 1. The van der Waals surface area contributed by atoms with Crippen molar-refractivity contribution in [3.05, 3.63) is 117 Å². The van der Waals surface area contributed by atoms with Crippen molar-refractivity contribution in [1.82, 2.24) is 5.43 Å². The lowest BCUT2D eigenvalue weighted by molar-refractivity contribution is -0.384. The van der Waals surface area contributed by atoms with E-state index < -0.39 is 16.8 Å². The number of ether oxygens (including phenoxy) is 1. The van der Waals surface area contributed by atoms with E-state index in [2.05, 4.69) is 10.5 Å². The van der Waals surface area contributed by atoms with Gasteiger partial charge in [-0.1, -0.05) is 48.0 Å². The average Bonchev–Trinajstić information content (AvgIpc) is 2.85. The number of hydrogen-bond donors (Lipinski definition) is 1.